The fourth-order valence-electron chi connectivity index (χ4n) is 2.22. The molecule has 1 aliphatic rings. The van der Waals surface area contributed by atoms with E-state index < -0.39 is 36.8 Å². The first kappa shape index (κ1) is 13.0. The Bertz CT molecular complexity index is 701. The Balaban J connectivity index is 2.09. The van der Waals surface area contributed by atoms with E-state index in [9.17, 15) is 19.4 Å². The second-order valence-corrected chi connectivity index (χ2v) is 4.48. The number of nitrogens with two attached hydrogens (primary N) is 1. The van der Waals surface area contributed by atoms with Gasteiger partial charge in [-0.15, -0.1) is 0 Å². The molecule has 0 aromatic carbocycles. The summed E-state index contributed by atoms with van der Waals surface area (Å²) in [6, 6.07) is 0. The quantitative estimate of drug-likeness (QED) is 0.515. The molecule has 0 radical (unpaired) electrons. The fourth-order valence-corrected chi connectivity index (χ4v) is 2.22. The number of aromatic nitrogens is 4. The van der Waals surface area contributed by atoms with Crippen molar-refractivity contribution >= 4 is 17.1 Å². The molecule has 0 aliphatic carbocycles. The third-order valence-electron chi connectivity index (χ3n) is 3.21. The number of rotatable bonds is 2. The molecule has 0 amide bonds. The number of aliphatic hydroxyl groups is 2. The van der Waals surface area contributed by atoms with Crippen LogP contribution >= 0.6 is 0 Å². The minimum absolute atomic E-state index is 0.00758. The number of nitrogen functional groups attached to an aromatic ring is 1. The molecule has 3 rings (SSSR count). The van der Waals surface area contributed by atoms with Crippen LogP contribution in [-0.2, 0) is 4.74 Å². The molecule has 9 nitrogen and oxygen atoms in total. The molecule has 5 N–H and O–H groups in total. The highest BCUT2D eigenvalue weighted by molar-refractivity contribution is 5.70. The zero-order valence-electron chi connectivity index (χ0n) is 10.1. The summed E-state index contributed by atoms with van der Waals surface area (Å²) in [4.78, 5) is 21.7. The van der Waals surface area contributed by atoms with Crippen molar-refractivity contribution in [3.8, 4) is 0 Å². The number of aliphatic hydroxyl groups excluding tert-OH is 2. The molecule has 1 aliphatic heterocycles. The van der Waals surface area contributed by atoms with Gasteiger partial charge >= 0.3 is 0 Å². The average molecular weight is 285 g/mol. The number of nitrogens with zero attached hydrogens (tertiary/aromatic N) is 3. The number of ether oxygens (including phenoxy) is 1. The van der Waals surface area contributed by atoms with Crippen LogP contribution < -0.4 is 11.3 Å². The van der Waals surface area contributed by atoms with Crippen LogP contribution in [0.2, 0.25) is 0 Å². The van der Waals surface area contributed by atoms with Crippen molar-refractivity contribution in [1.29, 1.82) is 0 Å². The molecule has 0 bridgehead atoms. The maximum absolute atomic E-state index is 12.7. The van der Waals surface area contributed by atoms with Crippen molar-refractivity contribution in [3.05, 3.63) is 16.7 Å². The summed E-state index contributed by atoms with van der Waals surface area (Å²) >= 11 is 0. The molecular weight excluding hydrogens is 273 g/mol. The van der Waals surface area contributed by atoms with Gasteiger partial charge in [-0.3, -0.25) is 14.3 Å². The van der Waals surface area contributed by atoms with Gasteiger partial charge in [-0.05, 0) is 0 Å². The number of hydrogen-bond acceptors (Lipinski definition) is 7. The lowest BCUT2D eigenvalue weighted by Crippen LogP contribution is -2.32. The average Bonchev–Trinajstić information content (AvgIpc) is 2.93. The first-order valence-corrected chi connectivity index (χ1v) is 5.83. The number of nitrogens with one attached hydrogen (secondary N) is 1. The van der Waals surface area contributed by atoms with Crippen molar-refractivity contribution in [2.75, 3.05) is 12.4 Å². The Labute approximate surface area is 110 Å². The number of aromatic amines is 1. The summed E-state index contributed by atoms with van der Waals surface area (Å²) < 4.78 is 19.1. The summed E-state index contributed by atoms with van der Waals surface area (Å²) in [6.07, 6.45) is -3.76. The molecular formula is C10H12FN5O4. The molecule has 3 heterocycles. The van der Waals surface area contributed by atoms with E-state index in [0.717, 1.165) is 0 Å². The number of halogens is 1. The molecule has 108 valence electrons. The number of imidazole rings is 1. The van der Waals surface area contributed by atoms with Gasteiger partial charge in [0, 0.05) is 0 Å². The number of alkyl halides is 1. The van der Waals surface area contributed by atoms with Crippen LogP contribution in [0.15, 0.2) is 11.1 Å². The smallest absolute Gasteiger partial charge is 0.280 e. The Morgan fingerprint density at radius 1 is 1.50 bits per heavy atom. The molecule has 2 aromatic heterocycles. The van der Waals surface area contributed by atoms with E-state index in [4.69, 9.17) is 10.5 Å². The summed E-state index contributed by atoms with van der Waals surface area (Å²) in [5.41, 5.74) is 5.00. The standard InChI is InChI=1S/C10H12FN5O4/c11-1-3-5(17)6(18)9(20-3)16-2-13-4-7(16)14-10(12)15-8(4)19/h2-3,5-6,9,17-18H,1H2,(H3,12,14,15,19)/t3-,5?,6?,9-/m1/s1. The Hall–Kier alpha value is -2.04. The highest BCUT2D eigenvalue weighted by Crippen LogP contribution is 2.31. The van der Waals surface area contributed by atoms with Crippen LogP contribution in [0.3, 0.4) is 0 Å². The van der Waals surface area contributed by atoms with Crippen LogP contribution in [0.25, 0.3) is 11.2 Å². The topological polar surface area (TPSA) is 139 Å². The minimum Gasteiger partial charge on any atom is -0.387 e. The first-order valence-electron chi connectivity index (χ1n) is 5.83. The van der Waals surface area contributed by atoms with Crippen molar-refractivity contribution in [2.45, 2.75) is 24.5 Å². The second kappa shape index (κ2) is 4.51. The first-order chi connectivity index (χ1) is 9.52. The van der Waals surface area contributed by atoms with Gasteiger partial charge in [0.1, 0.15) is 25.0 Å². The van der Waals surface area contributed by atoms with Crippen LogP contribution in [0, 0.1) is 0 Å². The SMILES string of the molecule is Nc1nc2c(ncn2[C@@H]2O[C@H](CF)C(O)C2O)c(=O)[nH]1. The van der Waals surface area contributed by atoms with Gasteiger partial charge in [-0.2, -0.15) is 4.98 Å². The van der Waals surface area contributed by atoms with Crippen molar-refractivity contribution in [3.63, 3.8) is 0 Å². The molecule has 1 fully saturated rings. The van der Waals surface area contributed by atoms with Crippen molar-refractivity contribution in [1.82, 2.24) is 19.5 Å². The molecule has 10 heteroatoms. The van der Waals surface area contributed by atoms with Crippen LogP contribution in [0.4, 0.5) is 10.3 Å². The third kappa shape index (κ3) is 1.77. The predicted molar refractivity (Wildman–Crippen MR) is 64.5 cm³/mol. The summed E-state index contributed by atoms with van der Waals surface area (Å²) in [5, 5.41) is 19.5. The van der Waals surface area contributed by atoms with Crippen molar-refractivity contribution < 1.29 is 19.3 Å². The van der Waals surface area contributed by atoms with Gasteiger partial charge in [0.25, 0.3) is 5.56 Å². The monoisotopic (exact) mass is 285 g/mol. The van der Waals surface area contributed by atoms with E-state index in [0.29, 0.717) is 0 Å². The Kier molecular flexibility index (Phi) is 2.92. The largest absolute Gasteiger partial charge is 0.387 e. The van der Waals surface area contributed by atoms with Crippen molar-refractivity contribution in [2.24, 2.45) is 0 Å². The maximum Gasteiger partial charge on any atom is 0.280 e. The van der Waals surface area contributed by atoms with E-state index in [1.54, 1.807) is 0 Å². The summed E-state index contributed by atoms with van der Waals surface area (Å²) in [6.45, 7) is -0.947. The Morgan fingerprint density at radius 2 is 2.25 bits per heavy atom. The normalized spacial score (nSPS) is 30.1. The predicted octanol–water partition coefficient (Wildman–Crippen LogP) is -1.71. The molecule has 0 saturated carbocycles. The molecule has 2 unspecified atom stereocenters. The number of fused-ring (bicyclic) bond motifs is 1. The van der Waals surface area contributed by atoms with E-state index in [2.05, 4.69) is 15.0 Å². The van der Waals surface area contributed by atoms with E-state index >= 15 is 0 Å². The summed E-state index contributed by atoms with van der Waals surface area (Å²) in [7, 11) is 0. The van der Waals surface area contributed by atoms with Crippen LogP contribution in [-0.4, -0.2) is 54.7 Å². The van der Waals surface area contributed by atoms with Gasteiger partial charge in [-0.25, -0.2) is 9.37 Å². The Morgan fingerprint density at radius 3 is 2.90 bits per heavy atom. The summed E-state index contributed by atoms with van der Waals surface area (Å²) in [5.74, 6) is -0.126. The van der Waals surface area contributed by atoms with Crippen LogP contribution in [0.1, 0.15) is 6.23 Å². The zero-order valence-corrected chi connectivity index (χ0v) is 10.1. The van der Waals surface area contributed by atoms with Gasteiger partial charge < -0.3 is 20.7 Å². The highest BCUT2D eigenvalue weighted by Gasteiger charge is 2.44. The fraction of sp³-hybridized carbons (Fsp3) is 0.500. The lowest BCUT2D eigenvalue weighted by atomic mass is 10.1. The lowest BCUT2D eigenvalue weighted by molar-refractivity contribution is -0.0409. The van der Waals surface area contributed by atoms with Crippen LogP contribution in [0.5, 0.6) is 0 Å². The zero-order chi connectivity index (χ0) is 14.4. The van der Waals surface area contributed by atoms with E-state index in [1.807, 2.05) is 0 Å². The van der Waals surface area contributed by atoms with Gasteiger partial charge in [0.05, 0.1) is 6.33 Å². The minimum atomic E-state index is -1.37. The van der Waals surface area contributed by atoms with Gasteiger partial charge in [-0.1, -0.05) is 0 Å². The molecule has 2 aromatic rings. The number of hydrogen-bond donors (Lipinski definition) is 4. The maximum atomic E-state index is 12.7. The van der Waals surface area contributed by atoms with Gasteiger partial charge in [0.2, 0.25) is 5.95 Å². The molecule has 20 heavy (non-hydrogen) atoms. The van der Waals surface area contributed by atoms with Gasteiger partial charge in [0.15, 0.2) is 17.4 Å². The number of H-pyrrole nitrogens is 1. The third-order valence-corrected chi connectivity index (χ3v) is 3.21. The van der Waals surface area contributed by atoms with E-state index in [-0.39, 0.29) is 17.1 Å². The van der Waals surface area contributed by atoms with E-state index in [1.165, 1.54) is 10.9 Å². The second-order valence-electron chi connectivity index (χ2n) is 4.48. The number of anilines is 1. The molecule has 0 spiro atoms. The molecule has 4 atom stereocenters. The lowest BCUT2D eigenvalue weighted by Gasteiger charge is -2.16. The highest BCUT2D eigenvalue weighted by atomic mass is 19.1. The molecule has 1 saturated heterocycles.